The number of aromatic amines is 1. The van der Waals surface area contributed by atoms with E-state index in [2.05, 4.69) is 18.8 Å². The molecule has 1 amide bonds. The third-order valence-corrected chi connectivity index (χ3v) is 3.38. The molecule has 4 nitrogen and oxygen atoms in total. The van der Waals surface area contributed by atoms with Gasteiger partial charge in [-0.15, -0.1) is 0 Å². The molecule has 0 aromatic carbocycles. The molecular formula is C13H18N2O2. The second-order valence-electron chi connectivity index (χ2n) is 4.92. The number of rotatable bonds is 1. The zero-order chi connectivity index (χ0) is 12.4. The molecule has 0 spiro atoms. The average molecular weight is 234 g/mol. The Bertz CT molecular complexity index is 466. The van der Waals surface area contributed by atoms with E-state index in [0.717, 1.165) is 19.4 Å². The predicted octanol–water partition coefficient (Wildman–Crippen LogP) is 1.64. The van der Waals surface area contributed by atoms with Crippen LogP contribution < -0.4 is 5.56 Å². The molecule has 2 unspecified atom stereocenters. The first-order chi connectivity index (χ1) is 8.08. The Labute approximate surface area is 101 Å². The van der Waals surface area contributed by atoms with Gasteiger partial charge in [0.25, 0.3) is 5.91 Å². The van der Waals surface area contributed by atoms with Gasteiger partial charge in [-0.3, -0.25) is 9.59 Å². The molecule has 92 valence electrons. The van der Waals surface area contributed by atoms with Gasteiger partial charge >= 0.3 is 0 Å². The molecule has 0 aliphatic carbocycles. The molecule has 1 aliphatic rings. The SMILES string of the molecule is CC1CCC(C)N(C(=O)c2cccc(=O)[nH]2)C1. The summed E-state index contributed by atoms with van der Waals surface area (Å²) in [5.74, 6) is 0.465. The number of nitrogens with one attached hydrogen (secondary N) is 1. The van der Waals surface area contributed by atoms with E-state index in [1.54, 1.807) is 12.1 Å². The first-order valence-corrected chi connectivity index (χ1v) is 6.08. The van der Waals surface area contributed by atoms with Crippen molar-refractivity contribution in [3.63, 3.8) is 0 Å². The molecule has 0 radical (unpaired) electrons. The Hall–Kier alpha value is -1.58. The van der Waals surface area contributed by atoms with Crippen LogP contribution in [0.25, 0.3) is 0 Å². The Morgan fingerprint density at radius 2 is 2.12 bits per heavy atom. The fourth-order valence-corrected chi connectivity index (χ4v) is 2.30. The van der Waals surface area contributed by atoms with Gasteiger partial charge in [0.1, 0.15) is 5.69 Å². The van der Waals surface area contributed by atoms with Crippen LogP contribution in [-0.4, -0.2) is 28.4 Å². The quantitative estimate of drug-likeness (QED) is 0.803. The number of aromatic nitrogens is 1. The highest BCUT2D eigenvalue weighted by molar-refractivity contribution is 5.92. The maximum Gasteiger partial charge on any atom is 0.270 e. The highest BCUT2D eigenvalue weighted by Gasteiger charge is 2.27. The molecule has 0 bridgehead atoms. The number of nitrogens with zero attached hydrogens (tertiary/aromatic N) is 1. The third-order valence-electron chi connectivity index (χ3n) is 3.38. The van der Waals surface area contributed by atoms with Gasteiger partial charge in [0.15, 0.2) is 0 Å². The van der Waals surface area contributed by atoms with Gasteiger partial charge < -0.3 is 9.88 Å². The summed E-state index contributed by atoms with van der Waals surface area (Å²) in [5, 5.41) is 0. The molecule has 4 heteroatoms. The van der Waals surface area contributed by atoms with Crippen molar-refractivity contribution in [3.8, 4) is 0 Å². The van der Waals surface area contributed by atoms with E-state index in [1.807, 2.05) is 4.90 Å². The van der Waals surface area contributed by atoms with Crippen LogP contribution in [0.3, 0.4) is 0 Å². The fraction of sp³-hybridized carbons (Fsp3) is 0.538. The summed E-state index contributed by atoms with van der Waals surface area (Å²) in [4.78, 5) is 27.9. The first-order valence-electron chi connectivity index (χ1n) is 6.08. The van der Waals surface area contributed by atoms with Crippen molar-refractivity contribution in [1.82, 2.24) is 9.88 Å². The van der Waals surface area contributed by atoms with E-state index in [-0.39, 0.29) is 17.5 Å². The lowest BCUT2D eigenvalue weighted by Gasteiger charge is -2.36. The molecular weight excluding hydrogens is 216 g/mol. The summed E-state index contributed by atoms with van der Waals surface area (Å²) in [6.07, 6.45) is 2.19. The van der Waals surface area contributed by atoms with E-state index in [0.29, 0.717) is 11.6 Å². The lowest BCUT2D eigenvalue weighted by atomic mass is 9.95. The third kappa shape index (κ3) is 2.57. The average Bonchev–Trinajstić information content (AvgIpc) is 2.31. The van der Waals surface area contributed by atoms with E-state index in [9.17, 15) is 9.59 Å². The van der Waals surface area contributed by atoms with Crippen molar-refractivity contribution in [2.24, 2.45) is 5.92 Å². The maximum atomic E-state index is 12.3. The summed E-state index contributed by atoms with van der Waals surface area (Å²) in [5.41, 5.74) is 0.159. The van der Waals surface area contributed by atoms with Crippen molar-refractivity contribution in [2.75, 3.05) is 6.54 Å². The summed E-state index contributed by atoms with van der Waals surface area (Å²) >= 11 is 0. The Balaban J connectivity index is 2.21. The summed E-state index contributed by atoms with van der Waals surface area (Å²) in [7, 11) is 0. The number of carbonyl (C=O) groups excluding carboxylic acids is 1. The molecule has 2 rings (SSSR count). The van der Waals surface area contributed by atoms with Crippen molar-refractivity contribution in [3.05, 3.63) is 34.2 Å². The number of likely N-dealkylation sites (tertiary alicyclic amines) is 1. The standard InChI is InChI=1S/C13H18N2O2/c1-9-6-7-10(2)15(8-9)13(17)11-4-3-5-12(16)14-11/h3-5,9-10H,6-8H2,1-2H3,(H,14,16). The van der Waals surface area contributed by atoms with Gasteiger partial charge in [0, 0.05) is 18.7 Å². The molecule has 17 heavy (non-hydrogen) atoms. The van der Waals surface area contributed by atoms with Gasteiger partial charge in [0.05, 0.1) is 0 Å². The van der Waals surface area contributed by atoms with Gasteiger partial charge in [-0.25, -0.2) is 0 Å². The monoisotopic (exact) mass is 234 g/mol. The number of H-pyrrole nitrogens is 1. The minimum atomic E-state index is -0.228. The summed E-state index contributed by atoms with van der Waals surface area (Å²) < 4.78 is 0. The van der Waals surface area contributed by atoms with Crippen LogP contribution >= 0.6 is 0 Å². The van der Waals surface area contributed by atoms with Crippen LogP contribution in [0.5, 0.6) is 0 Å². The normalized spacial score (nSPS) is 24.7. The van der Waals surface area contributed by atoms with Crippen LogP contribution in [0.1, 0.15) is 37.2 Å². The molecule has 1 aromatic heterocycles. The Kier molecular flexibility index (Phi) is 3.31. The second-order valence-corrected chi connectivity index (χ2v) is 4.92. The number of hydrogen-bond donors (Lipinski definition) is 1. The molecule has 1 aromatic rings. The van der Waals surface area contributed by atoms with Crippen LogP contribution in [0.4, 0.5) is 0 Å². The van der Waals surface area contributed by atoms with Crippen LogP contribution in [0.2, 0.25) is 0 Å². The van der Waals surface area contributed by atoms with E-state index in [1.165, 1.54) is 6.07 Å². The number of amides is 1. The summed E-state index contributed by atoms with van der Waals surface area (Å²) in [6.45, 7) is 4.99. The minimum absolute atomic E-state index is 0.0678. The molecule has 1 saturated heterocycles. The Morgan fingerprint density at radius 3 is 2.82 bits per heavy atom. The second kappa shape index (κ2) is 4.73. The van der Waals surface area contributed by atoms with Gasteiger partial charge in [-0.1, -0.05) is 13.0 Å². The zero-order valence-corrected chi connectivity index (χ0v) is 10.3. The van der Waals surface area contributed by atoms with Crippen LogP contribution in [-0.2, 0) is 0 Å². The number of hydrogen-bond acceptors (Lipinski definition) is 2. The fourth-order valence-electron chi connectivity index (χ4n) is 2.30. The van der Waals surface area contributed by atoms with Crippen molar-refractivity contribution < 1.29 is 4.79 Å². The first kappa shape index (κ1) is 11.9. The predicted molar refractivity (Wildman–Crippen MR) is 66.0 cm³/mol. The highest BCUT2D eigenvalue weighted by atomic mass is 16.2. The molecule has 1 fully saturated rings. The maximum absolute atomic E-state index is 12.3. The van der Waals surface area contributed by atoms with Gasteiger partial charge in [-0.2, -0.15) is 0 Å². The number of carbonyl (C=O) groups is 1. The number of piperidine rings is 1. The Morgan fingerprint density at radius 1 is 1.35 bits per heavy atom. The smallest absolute Gasteiger partial charge is 0.270 e. The topological polar surface area (TPSA) is 53.2 Å². The molecule has 2 atom stereocenters. The minimum Gasteiger partial charge on any atom is -0.334 e. The van der Waals surface area contributed by atoms with E-state index < -0.39 is 0 Å². The number of pyridine rings is 1. The van der Waals surface area contributed by atoms with Gasteiger partial charge in [-0.05, 0) is 31.7 Å². The van der Waals surface area contributed by atoms with Gasteiger partial charge in [0.2, 0.25) is 5.56 Å². The molecule has 1 N–H and O–H groups in total. The van der Waals surface area contributed by atoms with Crippen molar-refractivity contribution >= 4 is 5.91 Å². The van der Waals surface area contributed by atoms with Crippen molar-refractivity contribution in [2.45, 2.75) is 32.7 Å². The van der Waals surface area contributed by atoms with Crippen molar-refractivity contribution in [1.29, 1.82) is 0 Å². The molecule has 1 aliphatic heterocycles. The summed E-state index contributed by atoms with van der Waals surface area (Å²) in [6, 6.07) is 4.95. The van der Waals surface area contributed by atoms with E-state index >= 15 is 0 Å². The highest BCUT2D eigenvalue weighted by Crippen LogP contribution is 2.22. The zero-order valence-electron chi connectivity index (χ0n) is 10.3. The lowest BCUT2D eigenvalue weighted by Crippen LogP contribution is -2.45. The largest absolute Gasteiger partial charge is 0.334 e. The van der Waals surface area contributed by atoms with Crippen LogP contribution in [0.15, 0.2) is 23.0 Å². The van der Waals surface area contributed by atoms with E-state index in [4.69, 9.17) is 0 Å². The van der Waals surface area contributed by atoms with Crippen LogP contribution in [0, 0.1) is 5.92 Å². The molecule has 2 heterocycles. The molecule has 0 saturated carbocycles. The lowest BCUT2D eigenvalue weighted by molar-refractivity contribution is 0.0567.